The topological polar surface area (TPSA) is 87.2 Å². The van der Waals surface area contributed by atoms with Gasteiger partial charge in [-0.25, -0.2) is 19.9 Å². The van der Waals surface area contributed by atoms with Crippen LogP contribution in [-0.2, 0) is 6.54 Å². The highest BCUT2D eigenvalue weighted by molar-refractivity contribution is 6.24. The zero-order valence-electron chi connectivity index (χ0n) is 68.1. The fourth-order valence-electron chi connectivity index (χ4n) is 19.3. The lowest BCUT2D eigenvalue weighted by Gasteiger charge is -2.19. The van der Waals surface area contributed by atoms with E-state index in [-0.39, 0.29) is 0 Å². The van der Waals surface area contributed by atoms with Gasteiger partial charge in [0.15, 0.2) is 0 Å². The molecule has 0 N–H and O–H groups in total. The van der Waals surface area contributed by atoms with Gasteiger partial charge in [0, 0.05) is 113 Å². The van der Waals surface area contributed by atoms with Crippen LogP contribution >= 0.6 is 0 Å². The predicted octanol–water partition coefficient (Wildman–Crippen LogP) is 27.5. The number of fused-ring (bicyclic) bond motifs is 8. The van der Waals surface area contributed by atoms with Crippen LogP contribution in [0.2, 0.25) is 0 Å². The van der Waals surface area contributed by atoms with Crippen molar-refractivity contribution in [3.05, 3.63) is 315 Å². The molecule has 0 unspecified atom stereocenters. The Labute approximate surface area is 662 Å². The Hall–Kier alpha value is -12.8. The molecule has 18 rings (SSSR count). The van der Waals surface area contributed by atoms with Gasteiger partial charge >= 0.3 is 0 Å². The van der Waals surface area contributed by atoms with Gasteiger partial charge in [-0.15, -0.1) is 0 Å². The molecule has 0 radical (unpaired) electrons. The van der Waals surface area contributed by atoms with Crippen molar-refractivity contribution < 1.29 is 0 Å². The maximum atomic E-state index is 4.96. The lowest BCUT2D eigenvalue weighted by Crippen LogP contribution is -2.01. The van der Waals surface area contributed by atoms with Crippen molar-refractivity contribution in [1.29, 1.82) is 0 Å². The van der Waals surface area contributed by atoms with Gasteiger partial charge < -0.3 is 9.13 Å². The van der Waals surface area contributed by atoms with Crippen molar-refractivity contribution in [2.75, 3.05) is 0 Å². The highest BCUT2D eigenvalue weighted by Gasteiger charge is 2.30. The Kier molecular flexibility index (Phi) is 17.5. The molecule has 6 aromatic heterocycles. The predicted molar refractivity (Wildman–Crippen MR) is 476 cm³/mol. The summed E-state index contributed by atoms with van der Waals surface area (Å²) in [5.74, 6) is 0.782. The van der Waals surface area contributed by atoms with Gasteiger partial charge in [-0.2, -0.15) is 0 Å². The minimum Gasteiger partial charge on any atom is -0.341 e. The van der Waals surface area contributed by atoms with E-state index in [2.05, 4.69) is 339 Å². The monoisotopic (exact) mass is 1460 g/mol. The average molecular weight is 1470 g/mol. The van der Waals surface area contributed by atoms with Gasteiger partial charge in [0.1, 0.15) is 12.2 Å². The number of aromatic nitrogens is 8. The van der Waals surface area contributed by atoms with Gasteiger partial charge in [0.05, 0.1) is 11.0 Å². The van der Waals surface area contributed by atoms with Crippen molar-refractivity contribution >= 4 is 65.2 Å². The molecule has 552 valence electrons. The van der Waals surface area contributed by atoms with Crippen LogP contribution in [0.4, 0.5) is 0 Å². The third-order valence-corrected chi connectivity index (χ3v) is 24.8. The number of nitrogens with zero attached hydrogens (tertiary/aromatic N) is 8. The molecule has 0 amide bonds. The Bertz CT molecular complexity index is 7030. The molecule has 0 fully saturated rings. The lowest BCUT2D eigenvalue weighted by molar-refractivity contribution is 0.827. The van der Waals surface area contributed by atoms with Gasteiger partial charge in [-0.1, -0.05) is 121 Å². The summed E-state index contributed by atoms with van der Waals surface area (Å²) in [6.45, 7) is 40.3. The molecule has 8 heteroatoms. The van der Waals surface area contributed by atoms with Crippen LogP contribution in [-0.4, -0.2) is 39.0 Å². The molecule has 0 aliphatic rings. The third-order valence-electron chi connectivity index (χ3n) is 24.8. The summed E-state index contributed by atoms with van der Waals surface area (Å²) in [4.78, 5) is 29.1. The molecule has 6 heterocycles. The summed E-state index contributed by atoms with van der Waals surface area (Å²) >= 11 is 0. The second kappa shape index (κ2) is 27.6. The zero-order valence-corrected chi connectivity index (χ0v) is 68.1. The van der Waals surface area contributed by atoms with E-state index in [1.54, 1.807) is 6.33 Å². The molecule has 0 saturated heterocycles. The fourth-order valence-corrected chi connectivity index (χ4v) is 19.3. The van der Waals surface area contributed by atoms with Crippen molar-refractivity contribution in [2.45, 2.75) is 131 Å². The van der Waals surface area contributed by atoms with Gasteiger partial charge in [0.25, 0.3) is 0 Å². The number of aryl methyl sites for hydroxylation is 14. The Morgan fingerprint density at radius 2 is 0.655 bits per heavy atom. The number of rotatable bonds is 12. The SMILES string of the molecule is CCn1c2ccc(-c3ccc4ccc(-c5ccc6ccc(-n7c8c(C)c(C)c(C)c(-c9cccc(-c%10c(C)ncnc%10C)c9)c8c8c(-c9cccc(-c%10c(C)nc(C)nc%10C)c9)c(C)c(C)c(C)c87)cc6c5)cc4c3)cc2c2cc(-c3cccc(-c4c(C)cc(C)nc4C)c3)c(-c3cccc(-c4c(C)cc(C)nc4C)c3)cc21. The first-order valence-electron chi connectivity index (χ1n) is 39.7. The van der Waals surface area contributed by atoms with E-state index in [9.17, 15) is 0 Å². The number of hydrogen-bond donors (Lipinski definition) is 0. The maximum Gasteiger partial charge on any atom is 0.125 e. The summed E-state index contributed by atoms with van der Waals surface area (Å²) in [5.41, 5.74) is 47.2. The highest BCUT2D eigenvalue weighted by atomic mass is 15.0. The number of hydrogen-bond acceptors (Lipinski definition) is 6. The fraction of sp³-hybridized carbons (Fsp3) is 0.181. The van der Waals surface area contributed by atoms with Crippen LogP contribution in [0.25, 0.3) is 182 Å². The highest BCUT2D eigenvalue weighted by Crippen LogP contribution is 2.52. The molecule has 0 aliphatic heterocycles. The minimum atomic E-state index is 0.782. The molecule has 0 bridgehead atoms. The molecule has 18 aromatic rings. The smallest absolute Gasteiger partial charge is 0.125 e. The summed E-state index contributed by atoms with van der Waals surface area (Å²) < 4.78 is 5.12. The second-order valence-corrected chi connectivity index (χ2v) is 31.8. The van der Waals surface area contributed by atoms with Crippen LogP contribution in [0, 0.1) is 118 Å². The van der Waals surface area contributed by atoms with Crippen LogP contribution in [0.1, 0.15) is 103 Å². The quantitative estimate of drug-likeness (QED) is 0.121. The largest absolute Gasteiger partial charge is 0.341 e. The summed E-state index contributed by atoms with van der Waals surface area (Å²) in [5, 5.41) is 9.69. The normalized spacial score (nSPS) is 11.8. The van der Waals surface area contributed by atoms with E-state index in [4.69, 9.17) is 29.9 Å². The Balaban J connectivity index is 0.778. The van der Waals surface area contributed by atoms with Crippen LogP contribution < -0.4 is 0 Å². The third kappa shape index (κ3) is 11.9. The van der Waals surface area contributed by atoms with Crippen LogP contribution in [0.3, 0.4) is 0 Å². The molecule has 0 atom stereocenters. The summed E-state index contributed by atoms with van der Waals surface area (Å²) in [7, 11) is 0. The summed E-state index contributed by atoms with van der Waals surface area (Å²) in [6.07, 6.45) is 1.67. The molecule has 8 nitrogen and oxygen atoms in total. The van der Waals surface area contributed by atoms with E-state index in [0.29, 0.717) is 0 Å². The first kappa shape index (κ1) is 71.8. The average Bonchev–Trinajstić information content (AvgIpc) is 1.53. The molecule has 0 saturated carbocycles. The van der Waals surface area contributed by atoms with Gasteiger partial charge in [0.2, 0.25) is 0 Å². The maximum absolute atomic E-state index is 4.96. The van der Waals surface area contributed by atoms with Crippen LogP contribution in [0.5, 0.6) is 0 Å². The standard InChI is InChI=1S/C105H92N8/c1-19-112-94-41-39-78(52-92(94)93-53-90(79-24-20-26-81(47-79)96-56(2)42-58(4)108-68(96)14)91(54-95(93)112)80-25-21-27-82(48-80)97-57(3)43-59(5)109-69(97)15)77-37-33-73-32-35-75(44-87(73)45-77)76-36-34-74-38-40-89(51-88(74)46-76)113-104-64(10)60(6)62(8)98(83-28-22-30-85(49-83)100-66(12)106-55-107-67(100)13)102(104)103-99(63(9)61(7)65(11)105(103)113)84-29-23-31-86(50-84)101-70(16)110-72(18)111-71(101)17/h20-55H,19H2,1-18H3. The lowest BCUT2D eigenvalue weighted by atomic mass is 9.84. The first-order chi connectivity index (χ1) is 54.5. The van der Waals surface area contributed by atoms with E-state index >= 15 is 0 Å². The van der Waals surface area contributed by atoms with E-state index < -0.39 is 0 Å². The van der Waals surface area contributed by atoms with Crippen molar-refractivity contribution in [3.8, 4) is 117 Å². The van der Waals surface area contributed by atoms with Crippen LogP contribution in [0.15, 0.2) is 219 Å². The molecule has 113 heavy (non-hydrogen) atoms. The first-order valence-corrected chi connectivity index (χ1v) is 39.7. The van der Waals surface area contributed by atoms with Crippen molar-refractivity contribution in [2.24, 2.45) is 0 Å². The van der Waals surface area contributed by atoms with E-state index in [0.717, 1.165) is 119 Å². The van der Waals surface area contributed by atoms with E-state index in [1.807, 2.05) is 6.92 Å². The molecular weight excluding hydrogens is 1370 g/mol. The summed E-state index contributed by atoms with van der Waals surface area (Å²) in [6, 6.07) is 80.9. The molecular formula is C105H92N8. The second-order valence-electron chi connectivity index (χ2n) is 31.8. The van der Waals surface area contributed by atoms with E-state index in [1.165, 1.54) is 165 Å². The zero-order chi connectivity index (χ0) is 78.4. The van der Waals surface area contributed by atoms with Gasteiger partial charge in [-0.05, 0) is 371 Å². The number of pyridine rings is 2. The number of benzene rings is 12. The molecule has 0 aliphatic carbocycles. The minimum absolute atomic E-state index is 0.782. The van der Waals surface area contributed by atoms with Crippen molar-refractivity contribution in [3.63, 3.8) is 0 Å². The Morgan fingerprint density at radius 3 is 1.12 bits per heavy atom. The van der Waals surface area contributed by atoms with Crippen molar-refractivity contribution in [1.82, 2.24) is 39.0 Å². The molecule has 0 spiro atoms. The molecule has 12 aromatic carbocycles. The Morgan fingerprint density at radius 1 is 0.274 bits per heavy atom. The van der Waals surface area contributed by atoms with Gasteiger partial charge in [-0.3, -0.25) is 9.97 Å².